The molecule has 0 radical (unpaired) electrons. The maximum absolute atomic E-state index is 10.5. The lowest BCUT2D eigenvalue weighted by molar-refractivity contribution is 0.339. The monoisotopic (exact) mass is 258 g/mol. The van der Waals surface area contributed by atoms with Gasteiger partial charge in [0, 0.05) is 0 Å². The largest absolute Gasteiger partial charge is 0.446 e. The van der Waals surface area contributed by atoms with Crippen molar-refractivity contribution in [3.05, 3.63) is 29.8 Å². The van der Waals surface area contributed by atoms with Gasteiger partial charge in [0.15, 0.2) is 0 Å². The summed E-state index contributed by atoms with van der Waals surface area (Å²) in [6.07, 6.45) is 0. The van der Waals surface area contributed by atoms with Crippen LogP contribution in [0.2, 0.25) is 0 Å². The second-order valence-corrected chi connectivity index (χ2v) is 6.19. The molecule has 5 heteroatoms. The first-order chi connectivity index (χ1) is 7.59. The highest BCUT2D eigenvalue weighted by Gasteiger charge is 2.21. The van der Waals surface area contributed by atoms with Gasteiger partial charge in [0.05, 0.1) is 0 Å². The average Bonchev–Trinajstić information content (AvgIpc) is 2.14. The molecule has 0 heterocycles. The molecule has 0 aromatic heterocycles. The van der Waals surface area contributed by atoms with E-state index >= 15 is 0 Å². The predicted molar refractivity (Wildman–Crippen MR) is 66.5 cm³/mol. The van der Waals surface area contributed by atoms with Crippen LogP contribution >= 0.6 is 0 Å². The Labute approximate surface area is 103 Å². The molecule has 0 saturated heterocycles. The minimum atomic E-state index is -4.44. The lowest BCUT2D eigenvalue weighted by Crippen LogP contribution is -2.15. The Morgan fingerprint density at radius 1 is 1.18 bits per heavy atom. The zero-order valence-electron chi connectivity index (χ0n) is 10.5. The molecular formula is C12H18O4S. The fraction of sp³-hybridized carbons (Fsp3) is 0.500. The van der Waals surface area contributed by atoms with E-state index in [-0.39, 0.29) is 11.2 Å². The van der Waals surface area contributed by atoms with Crippen molar-refractivity contribution in [2.45, 2.75) is 33.6 Å². The molecule has 96 valence electrons. The van der Waals surface area contributed by atoms with Crippen molar-refractivity contribution < 1.29 is 17.2 Å². The van der Waals surface area contributed by atoms with Crippen molar-refractivity contribution in [1.82, 2.24) is 0 Å². The molecule has 0 fully saturated rings. The van der Waals surface area contributed by atoms with Gasteiger partial charge in [-0.05, 0) is 29.0 Å². The Kier molecular flexibility index (Phi) is 3.84. The maximum atomic E-state index is 10.5. The minimum absolute atomic E-state index is 0.109. The van der Waals surface area contributed by atoms with Crippen LogP contribution in [0.1, 0.15) is 39.2 Å². The van der Waals surface area contributed by atoms with Crippen LogP contribution in [0, 0.1) is 5.41 Å². The predicted octanol–water partition coefficient (Wildman–Crippen LogP) is 3.02. The quantitative estimate of drug-likeness (QED) is 0.846. The molecule has 4 nitrogen and oxygen atoms in total. The summed E-state index contributed by atoms with van der Waals surface area (Å²) < 4.78 is 33.9. The molecule has 0 amide bonds. The number of hydrogen-bond donors (Lipinski definition) is 1. The summed E-state index contributed by atoms with van der Waals surface area (Å²) in [5.74, 6) is 0.444. The van der Waals surface area contributed by atoms with E-state index in [4.69, 9.17) is 4.55 Å². The van der Waals surface area contributed by atoms with E-state index in [0.717, 1.165) is 5.56 Å². The summed E-state index contributed by atoms with van der Waals surface area (Å²) >= 11 is 0. The Hall–Kier alpha value is -1.07. The number of benzene rings is 1. The van der Waals surface area contributed by atoms with Gasteiger partial charge >= 0.3 is 10.4 Å². The van der Waals surface area contributed by atoms with Crippen LogP contribution in [-0.2, 0) is 10.4 Å². The number of hydrogen-bond acceptors (Lipinski definition) is 3. The smallest absolute Gasteiger partial charge is 0.362 e. The highest BCUT2D eigenvalue weighted by molar-refractivity contribution is 7.81. The summed E-state index contributed by atoms with van der Waals surface area (Å²) in [5.41, 5.74) is 1.23. The average molecular weight is 258 g/mol. The van der Waals surface area contributed by atoms with Crippen molar-refractivity contribution in [2.24, 2.45) is 5.41 Å². The summed E-state index contributed by atoms with van der Waals surface area (Å²) in [6.45, 7) is 8.53. The minimum Gasteiger partial charge on any atom is -0.362 e. The van der Waals surface area contributed by atoms with Crippen LogP contribution in [0.15, 0.2) is 24.3 Å². The third-order valence-electron chi connectivity index (χ3n) is 2.88. The van der Waals surface area contributed by atoms with Gasteiger partial charge in [-0.3, -0.25) is 4.55 Å². The van der Waals surface area contributed by atoms with E-state index in [1.807, 2.05) is 0 Å². The van der Waals surface area contributed by atoms with Gasteiger partial charge in [0.2, 0.25) is 0 Å². The molecule has 1 rings (SSSR count). The highest BCUT2D eigenvalue weighted by atomic mass is 32.3. The van der Waals surface area contributed by atoms with Gasteiger partial charge in [-0.1, -0.05) is 39.8 Å². The molecule has 0 aliphatic carbocycles. The normalized spacial score (nSPS) is 14.4. The van der Waals surface area contributed by atoms with Gasteiger partial charge in [0.25, 0.3) is 0 Å². The van der Waals surface area contributed by atoms with Crippen LogP contribution in [0.4, 0.5) is 0 Å². The highest BCUT2D eigenvalue weighted by Crippen LogP contribution is 2.34. The molecule has 1 aromatic rings. The fourth-order valence-corrected chi connectivity index (χ4v) is 1.79. The molecule has 17 heavy (non-hydrogen) atoms. The molecule has 1 atom stereocenters. The third kappa shape index (κ3) is 4.36. The molecule has 0 saturated carbocycles. The summed E-state index contributed by atoms with van der Waals surface area (Å²) in [4.78, 5) is 0. The van der Waals surface area contributed by atoms with E-state index < -0.39 is 10.4 Å². The van der Waals surface area contributed by atoms with E-state index in [9.17, 15) is 8.42 Å². The summed E-state index contributed by atoms with van der Waals surface area (Å²) in [6, 6.07) is 6.67. The van der Waals surface area contributed by atoms with Crippen LogP contribution in [0.25, 0.3) is 0 Å². The topological polar surface area (TPSA) is 63.6 Å². The molecule has 1 unspecified atom stereocenters. The molecule has 0 spiro atoms. The molecular weight excluding hydrogens is 240 g/mol. The number of rotatable bonds is 3. The second kappa shape index (κ2) is 4.66. The van der Waals surface area contributed by atoms with Crippen molar-refractivity contribution in [3.8, 4) is 5.75 Å². The van der Waals surface area contributed by atoms with Crippen LogP contribution < -0.4 is 4.18 Å². The Bertz CT molecular complexity index is 468. The molecule has 0 aliphatic heterocycles. The van der Waals surface area contributed by atoms with Crippen LogP contribution in [-0.4, -0.2) is 13.0 Å². The molecule has 1 aromatic carbocycles. The maximum Gasteiger partial charge on any atom is 0.446 e. The SMILES string of the molecule is CC(c1ccc(OS(=O)(=O)O)cc1)C(C)(C)C. The molecule has 1 N–H and O–H groups in total. The van der Waals surface area contributed by atoms with Gasteiger partial charge in [-0.25, -0.2) is 0 Å². The van der Waals surface area contributed by atoms with Crippen LogP contribution in [0.3, 0.4) is 0 Å². The Balaban J connectivity index is 2.89. The second-order valence-electron chi connectivity index (χ2n) is 5.17. The van der Waals surface area contributed by atoms with Crippen molar-refractivity contribution in [3.63, 3.8) is 0 Å². The van der Waals surface area contributed by atoms with E-state index in [2.05, 4.69) is 31.9 Å². The van der Waals surface area contributed by atoms with E-state index in [1.165, 1.54) is 12.1 Å². The van der Waals surface area contributed by atoms with E-state index in [0.29, 0.717) is 5.92 Å². The fourth-order valence-electron chi connectivity index (χ4n) is 1.43. The molecule has 0 aliphatic rings. The zero-order chi connectivity index (χ0) is 13.3. The van der Waals surface area contributed by atoms with Gasteiger partial charge in [-0.2, -0.15) is 8.42 Å². The standard InChI is InChI=1S/C12H18O4S/c1-9(12(2,3)4)10-5-7-11(8-6-10)16-17(13,14)15/h5-9H,1-4H3,(H,13,14,15). The molecule has 0 bridgehead atoms. The van der Waals surface area contributed by atoms with Crippen LogP contribution in [0.5, 0.6) is 5.75 Å². The van der Waals surface area contributed by atoms with Crippen molar-refractivity contribution >= 4 is 10.4 Å². The van der Waals surface area contributed by atoms with Gasteiger partial charge in [-0.15, -0.1) is 0 Å². The summed E-state index contributed by atoms with van der Waals surface area (Å²) in [5, 5.41) is 0. The van der Waals surface area contributed by atoms with Gasteiger partial charge in [0.1, 0.15) is 5.75 Å². The lowest BCUT2D eigenvalue weighted by atomic mass is 9.78. The zero-order valence-corrected chi connectivity index (χ0v) is 11.3. The first-order valence-electron chi connectivity index (χ1n) is 5.36. The van der Waals surface area contributed by atoms with Gasteiger partial charge < -0.3 is 4.18 Å². The third-order valence-corrected chi connectivity index (χ3v) is 3.28. The lowest BCUT2D eigenvalue weighted by Gasteiger charge is -2.27. The van der Waals surface area contributed by atoms with Crippen molar-refractivity contribution in [1.29, 1.82) is 0 Å². The van der Waals surface area contributed by atoms with Crippen molar-refractivity contribution in [2.75, 3.05) is 0 Å². The first kappa shape index (κ1) is 14.0. The Morgan fingerprint density at radius 3 is 2.00 bits per heavy atom. The van der Waals surface area contributed by atoms with E-state index in [1.54, 1.807) is 12.1 Å². The first-order valence-corrected chi connectivity index (χ1v) is 6.73. The summed E-state index contributed by atoms with van der Waals surface area (Å²) in [7, 11) is -4.44. The Morgan fingerprint density at radius 2 is 1.65 bits per heavy atom.